The van der Waals surface area contributed by atoms with Crippen molar-refractivity contribution in [3.8, 4) is 0 Å². The number of hydrogen-bond donors (Lipinski definition) is 3. The van der Waals surface area contributed by atoms with Crippen LogP contribution in [0, 0.1) is 13.8 Å². The Kier molecular flexibility index (Phi) is 2.99. The fraction of sp³-hybridized carbons (Fsp3) is 0.125. The molecule has 3 heterocycles. The first-order valence-corrected chi connectivity index (χ1v) is 7.36. The summed E-state index contributed by atoms with van der Waals surface area (Å²) >= 11 is 0. The summed E-state index contributed by atoms with van der Waals surface area (Å²) < 4.78 is 1.63. The summed E-state index contributed by atoms with van der Waals surface area (Å²) in [5.41, 5.74) is 4.23. The molecule has 3 aromatic heterocycles. The van der Waals surface area contributed by atoms with Gasteiger partial charge in [0.1, 0.15) is 5.56 Å². The maximum Gasteiger partial charge on any atom is 0.323 e. The lowest BCUT2D eigenvalue weighted by atomic mass is 10.2. The number of amides is 1. The van der Waals surface area contributed by atoms with E-state index in [1.54, 1.807) is 22.7 Å². The molecule has 4 rings (SSSR count). The number of aromatic nitrogens is 5. The molecule has 0 bridgehead atoms. The molecule has 0 fully saturated rings. The molecule has 1 amide bonds. The molecule has 120 valence electrons. The number of rotatable bonds is 2. The van der Waals surface area contributed by atoms with E-state index in [-0.39, 0.29) is 11.6 Å². The molecule has 1 aromatic carbocycles. The molecule has 0 aliphatic carbocycles. The number of carbonyl (C=O) groups excluding carboxylic acids is 1. The minimum atomic E-state index is -0.306. The zero-order valence-electron chi connectivity index (χ0n) is 13.0. The van der Waals surface area contributed by atoms with Crippen molar-refractivity contribution in [2.75, 3.05) is 5.32 Å². The van der Waals surface area contributed by atoms with Crippen molar-refractivity contribution >= 4 is 28.3 Å². The Morgan fingerprint density at radius 1 is 1.17 bits per heavy atom. The van der Waals surface area contributed by atoms with E-state index in [9.17, 15) is 9.59 Å². The number of aromatic amines is 2. The van der Waals surface area contributed by atoms with Gasteiger partial charge in [-0.05, 0) is 38.1 Å². The number of fused-ring (bicyclic) bond motifs is 2. The van der Waals surface area contributed by atoms with Crippen LogP contribution in [-0.2, 0) is 0 Å². The summed E-state index contributed by atoms with van der Waals surface area (Å²) in [6.45, 7) is 3.78. The summed E-state index contributed by atoms with van der Waals surface area (Å²) in [6, 6.07) is 7.05. The molecule has 0 atom stereocenters. The second-order valence-corrected chi connectivity index (χ2v) is 5.63. The largest absolute Gasteiger partial charge is 0.323 e. The van der Waals surface area contributed by atoms with E-state index in [0.29, 0.717) is 27.9 Å². The topological polar surface area (TPSA) is 108 Å². The normalized spacial score (nSPS) is 11.2. The van der Waals surface area contributed by atoms with Crippen LogP contribution < -0.4 is 11.0 Å². The third-order valence-corrected chi connectivity index (χ3v) is 3.80. The van der Waals surface area contributed by atoms with Crippen LogP contribution in [-0.4, -0.2) is 30.5 Å². The van der Waals surface area contributed by atoms with E-state index in [1.807, 2.05) is 19.9 Å². The van der Waals surface area contributed by atoms with Gasteiger partial charge in [0.15, 0.2) is 5.65 Å². The first kappa shape index (κ1) is 14.2. The van der Waals surface area contributed by atoms with E-state index in [0.717, 1.165) is 11.4 Å². The number of imidazole rings is 1. The van der Waals surface area contributed by atoms with Gasteiger partial charge in [0.2, 0.25) is 0 Å². The van der Waals surface area contributed by atoms with E-state index in [2.05, 4.69) is 25.4 Å². The minimum absolute atomic E-state index is 0.286. The lowest BCUT2D eigenvalue weighted by Crippen LogP contribution is -2.12. The molecular formula is C16H14N6O2. The first-order chi connectivity index (χ1) is 11.5. The second kappa shape index (κ2) is 5.05. The van der Waals surface area contributed by atoms with Gasteiger partial charge < -0.3 is 15.3 Å². The summed E-state index contributed by atoms with van der Waals surface area (Å²) in [5, 5.41) is 7.02. The molecule has 0 aliphatic heterocycles. The molecule has 0 aliphatic rings. The van der Waals surface area contributed by atoms with Gasteiger partial charge in [0.05, 0.1) is 17.2 Å². The van der Waals surface area contributed by atoms with Crippen molar-refractivity contribution in [2.24, 2.45) is 0 Å². The van der Waals surface area contributed by atoms with Crippen LogP contribution in [0.1, 0.15) is 21.7 Å². The molecule has 3 N–H and O–H groups in total. The molecule has 8 nitrogen and oxygen atoms in total. The van der Waals surface area contributed by atoms with Crippen molar-refractivity contribution < 1.29 is 4.79 Å². The Morgan fingerprint density at radius 3 is 2.79 bits per heavy atom. The van der Waals surface area contributed by atoms with Gasteiger partial charge in [-0.3, -0.25) is 4.79 Å². The standard InChI is InChI=1S/C16H14N6O2/c1-8-5-9(2)22-14(18-8)11(7-17-22)15(23)19-10-3-4-12-13(6-10)21-16(24)20-12/h3-7H,1-2H3,(H,19,23)(H2,20,21,24). The molecule has 0 spiro atoms. The average Bonchev–Trinajstić information content (AvgIpc) is 3.09. The second-order valence-electron chi connectivity index (χ2n) is 5.63. The molecule has 8 heteroatoms. The van der Waals surface area contributed by atoms with Crippen molar-refractivity contribution in [1.29, 1.82) is 0 Å². The third kappa shape index (κ3) is 2.24. The molecule has 24 heavy (non-hydrogen) atoms. The van der Waals surface area contributed by atoms with Gasteiger partial charge in [-0.15, -0.1) is 0 Å². The molecule has 4 aromatic rings. The Bertz CT molecular complexity index is 1150. The predicted molar refractivity (Wildman–Crippen MR) is 89.3 cm³/mol. The van der Waals surface area contributed by atoms with Crippen molar-refractivity contribution in [3.05, 3.63) is 57.9 Å². The van der Waals surface area contributed by atoms with E-state index in [1.165, 1.54) is 6.20 Å². The van der Waals surface area contributed by atoms with Gasteiger partial charge in [-0.1, -0.05) is 0 Å². The number of nitrogens with zero attached hydrogens (tertiary/aromatic N) is 3. The molecule has 0 unspecified atom stereocenters. The highest BCUT2D eigenvalue weighted by Crippen LogP contribution is 2.17. The van der Waals surface area contributed by atoms with Crippen LogP contribution in [0.2, 0.25) is 0 Å². The van der Waals surface area contributed by atoms with E-state index >= 15 is 0 Å². The monoisotopic (exact) mass is 322 g/mol. The molecular weight excluding hydrogens is 308 g/mol. The fourth-order valence-electron chi connectivity index (χ4n) is 2.74. The number of H-pyrrole nitrogens is 2. The Labute approximate surface area is 135 Å². The van der Waals surface area contributed by atoms with E-state index in [4.69, 9.17) is 0 Å². The SMILES string of the molecule is Cc1cc(C)n2ncc(C(=O)Nc3ccc4[nH]c(=O)[nH]c4c3)c2n1. The Morgan fingerprint density at radius 2 is 1.96 bits per heavy atom. The molecule has 0 radical (unpaired) electrons. The highest BCUT2D eigenvalue weighted by atomic mass is 16.2. The van der Waals surface area contributed by atoms with Crippen LogP contribution in [0.3, 0.4) is 0 Å². The lowest BCUT2D eigenvalue weighted by Gasteiger charge is -2.05. The predicted octanol–water partition coefficient (Wildman–Crippen LogP) is 1.77. The zero-order chi connectivity index (χ0) is 16.8. The highest BCUT2D eigenvalue weighted by molar-refractivity contribution is 6.08. The number of nitrogens with one attached hydrogen (secondary N) is 3. The van der Waals surface area contributed by atoms with Gasteiger partial charge in [-0.25, -0.2) is 14.3 Å². The van der Waals surface area contributed by atoms with Crippen LogP contribution in [0.25, 0.3) is 16.7 Å². The smallest absolute Gasteiger partial charge is 0.322 e. The lowest BCUT2D eigenvalue weighted by molar-refractivity contribution is 0.102. The summed E-state index contributed by atoms with van der Waals surface area (Å²) in [5.74, 6) is -0.306. The Balaban J connectivity index is 1.71. The van der Waals surface area contributed by atoms with Gasteiger partial charge >= 0.3 is 5.69 Å². The number of benzene rings is 1. The maximum absolute atomic E-state index is 12.6. The van der Waals surface area contributed by atoms with Crippen LogP contribution in [0.4, 0.5) is 5.69 Å². The van der Waals surface area contributed by atoms with Crippen molar-refractivity contribution in [3.63, 3.8) is 0 Å². The molecule has 0 saturated heterocycles. The van der Waals surface area contributed by atoms with Crippen LogP contribution >= 0.6 is 0 Å². The van der Waals surface area contributed by atoms with Gasteiger partial charge in [0.25, 0.3) is 5.91 Å². The Hall–Kier alpha value is -3.42. The number of aryl methyl sites for hydroxylation is 2. The van der Waals surface area contributed by atoms with Gasteiger partial charge in [-0.2, -0.15) is 5.10 Å². The van der Waals surface area contributed by atoms with E-state index < -0.39 is 0 Å². The summed E-state index contributed by atoms with van der Waals surface area (Å²) in [6.07, 6.45) is 1.50. The fourth-order valence-corrected chi connectivity index (χ4v) is 2.74. The number of hydrogen-bond acceptors (Lipinski definition) is 4. The molecule has 0 saturated carbocycles. The zero-order valence-corrected chi connectivity index (χ0v) is 13.0. The maximum atomic E-state index is 12.6. The summed E-state index contributed by atoms with van der Waals surface area (Å²) in [7, 11) is 0. The van der Waals surface area contributed by atoms with Crippen molar-refractivity contribution in [2.45, 2.75) is 13.8 Å². The van der Waals surface area contributed by atoms with Crippen LogP contribution in [0.5, 0.6) is 0 Å². The third-order valence-electron chi connectivity index (χ3n) is 3.80. The van der Waals surface area contributed by atoms with Crippen molar-refractivity contribution in [1.82, 2.24) is 24.6 Å². The minimum Gasteiger partial charge on any atom is -0.322 e. The number of carbonyl (C=O) groups is 1. The van der Waals surface area contributed by atoms with Gasteiger partial charge in [0, 0.05) is 17.1 Å². The first-order valence-electron chi connectivity index (χ1n) is 7.36. The average molecular weight is 322 g/mol. The summed E-state index contributed by atoms with van der Waals surface area (Å²) in [4.78, 5) is 33.6. The quantitative estimate of drug-likeness (QED) is 0.522. The van der Waals surface area contributed by atoms with Crippen LogP contribution in [0.15, 0.2) is 35.3 Å². The number of anilines is 1. The highest BCUT2D eigenvalue weighted by Gasteiger charge is 2.16.